The van der Waals surface area contributed by atoms with Gasteiger partial charge in [-0.15, -0.1) is 0 Å². The third kappa shape index (κ3) is 4.22. The quantitative estimate of drug-likeness (QED) is 0.485. The molecule has 5 N–H and O–H groups in total. The number of benzene rings is 2. The molecule has 0 spiro atoms. The lowest BCUT2D eigenvalue weighted by Crippen LogP contribution is -2.10. The minimum atomic E-state index is -1.34. The zero-order chi connectivity index (χ0) is 21.2. The number of aryl methyl sites for hydroxylation is 2. The SMILES string of the molecule is Cc1cc(C(CCC(=O)O)c2cc(C)c(O)c(C(=O)O)c2)cc(C(=O)O)c1O. The Morgan fingerprint density at radius 3 is 1.50 bits per heavy atom. The fourth-order valence-corrected chi connectivity index (χ4v) is 3.14. The van der Waals surface area contributed by atoms with Crippen LogP contribution in [-0.4, -0.2) is 43.4 Å². The molecule has 2 aromatic rings. The third-order valence-corrected chi connectivity index (χ3v) is 4.56. The van der Waals surface area contributed by atoms with E-state index in [1.165, 1.54) is 38.1 Å². The van der Waals surface area contributed by atoms with E-state index in [0.717, 1.165) is 0 Å². The van der Waals surface area contributed by atoms with Gasteiger partial charge in [0.05, 0.1) is 0 Å². The lowest BCUT2D eigenvalue weighted by atomic mass is 9.84. The van der Waals surface area contributed by atoms with Gasteiger partial charge < -0.3 is 25.5 Å². The Labute approximate surface area is 160 Å². The maximum Gasteiger partial charge on any atom is 0.339 e. The zero-order valence-electron chi connectivity index (χ0n) is 15.3. The van der Waals surface area contributed by atoms with E-state index in [1.54, 1.807) is 0 Å². The van der Waals surface area contributed by atoms with Gasteiger partial charge in [0.25, 0.3) is 0 Å². The van der Waals surface area contributed by atoms with E-state index < -0.39 is 23.8 Å². The van der Waals surface area contributed by atoms with Crippen molar-refractivity contribution in [3.8, 4) is 11.5 Å². The summed E-state index contributed by atoms with van der Waals surface area (Å²) in [6.07, 6.45) is -0.169. The second kappa shape index (κ2) is 7.99. The fraction of sp³-hybridized carbons (Fsp3) is 0.250. The molecule has 2 rings (SSSR count). The lowest BCUT2D eigenvalue weighted by Gasteiger charge is -2.21. The minimum Gasteiger partial charge on any atom is -0.507 e. The van der Waals surface area contributed by atoms with E-state index in [1.807, 2.05) is 0 Å². The van der Waals surface area contributed by atoms with Crippen LogP contribution in [0.2, 0.25) is 0 Å². The van der Waals surface area contributed by atoms with Crippen LogP contribution in [0, 0.1) is 13.8 Å². The molecule has 148 valence electrons. The zero-order valence-corrected chi connectivity index (χ0v) is 15.3. The summed E-state index contributed by atoms with van der Waals surface area (Å²) in [5.74, 6) is -5.17. The summed E-state index contributed by atoms with van der Waals surface area (Å²) in [5, 5.41) is 47.7. The summed E-state index contributed by atoms with van der Waals surface area (Å²) in [5.41, 5.74) is 0.785. The summed E-state index contributed by atoms with van der Waals surface area (Å²) >= 11 is 0. The van der Waals surface area contributed by atoms with Crippen LogP contribution in [0.4, 0.5) is 0 Å². The van der Waals surface area contributed by atoms with E-state index in [-0.39, 0.29) is 35.5 Å². The average molecular weight is 388 g/mol. The van der Waals surface area contributed by atoms with Gasteiger partial charge in [0.2, 0.25) is 0 Å². The highest BCUT2D eigenvalue weighted by atomic mass is 16.4. The van der Waals surface area contributed by atoms with Crippen LogP contribution >= 0.6 is 0 Å². The molecular weight excluding hydrogens is 368 g/mol. The van der Waals surface area contributed by atoms with Crippen molar-refractivity contribution < 1.29 is 39.9 Å². The van der Waals surface area contributed by atoms with Crippen molar-refractivity contribution in [1.29, 1.82) is 0 Å². The van der Waals surface area contributed by atoms with Gasteiger partial charge >= 0.3 is 17.9 Å². The Bertz CT molecular complexity index is 892. The molecule has 0 aliphatic carbocycles. The predicted octanol–water partition coefficient (Wildman–Crippen LogP) is 3.11. The molecule has 0 aromatic heterocycles. The Kier molecular flexibility index (Phi) is 5.93. The van der Waals surface area contributed by atoms with Crippen molar-refractivity contribution in [2.24, 2.45) is 0 Å². The van der Waals surface area contributed by atoms with Gasteiger partial charge in [0.15, 0.2) is 0 Å². The van der Waals surface area contributed by atoms with Gasteiger partial charge in [0.1, 0.15) is 22.6 Å². The number of carboxylic acid groups (broad SMARTS) is 3. The highest BCUT2D eigenvalue weighted by Crippen LogP contribution is 2.37. The first kappa shape index (κ1) is 20.8. The predicted molar refractivity (Wildman–Crippen MR) is 98.3 cm³/mol. The fourth-order valence-electron chi connectivity index (χ4n) is 3.14. The summed E-state index contributed by atoms with van der Waals surface area (Å²) in [6.45, 7) is 3.04. The molecule has 28 heavy (non-hydrogen) atoms. The van der Waals surface area contributed by atoms with Crippen LogP contribution in [0.25, 0.3) is 0 Å². The van der Waals surface area contributed by atoms with E-state index in [4.69, 9.17) is 5.11 Å². The standard InChI is InChI=1S/C20H20O8/c1-9-5-11(7-14(17(9)23)19(25)26)13(3-4-16(21)22)12-6-10(2)18(24)15(8-12)20(27)28/h5-8,13,23-24H,3-4H2,1-2H3,(H,21,22)(H,25,26)(H,27,28). The summed E-state index contributed by atoms with van der Waals surface area (Å²) in [7, 11) is 0. The van der Waals surface area contributed by atoms with Crippen molar-refractivity contribution >= 4 is 17.9 Å². The Hall–Kier alpha value is -3.55. The third-order valence-electron chi connectivity index (χ3n) is 4.56. The lowest BCUT2D eigenvalue weighted by molar-refractivity contribution is -0.137. The highest BCUT2D eigenvalue weighted by molar-refractivity contribution is 5.92. The van der Waals surface area contributed by atoms with Crippen LogP contribution in [0.15, 0.2) is 24.3 Å². The number of hydrogen-bond donors (Lipinski definition) is 5. The maximum atomic E-state index is 11.4. The van der Waals surface area contributed by atoms with E-state index >= 15 is 0 Å². The highest BCUT2D eigenvalue weighted by Gasteiger charge is 2.23. The molecule has 0 atom stereocenters. The molecule has 0 bridgehead atoms. The van der Waals surface area contributed by atoms with E-state index in [2.05, 4.69) is 0 Å². The molecule has 0 heterocycles. The van der Waals surface area contributed by atoms with Crippen LogP contribution < -0.4 is 0 Å². The number of rotatable bonds is 7. The largest absolute Gasteiger partial charge is 0.507 e. The first-order valence-corrected chi connectivity index (χ1v) is 8.38. The van der Waals surface area contributed by atoms with Crippen molar-refractivity contribution in [2.45, 2.75) is 32.6 Å². The number of hydrogen-bond acceptors (Lipinski definition) is 5. The van der Waals surface area contributed by atoms with Crippen LogP contribution in [0.1, 0.15) is 61.7 Å². The normalized spacial score (nSPS) is 10.8. The number of aliphatic carboxylic acids is 1. The summed E-state index contributed by atoms with van der Waals surface area (Å²) in [4.78, 5) is 33.9. The number of aromatic hydroxyl groups is 2. The molecule has 0 unspecified atom stereocenters. The van der Waals surface area contributed by atoms with Crippen molar-refractivity contribution in [3.63, 3.8) is 0 Å². The number of phenols is 2. The molecule has 0 saturated carbocycles. The molecule has 0 radical (unpaired) electrons. The average Bonchev–Trinajstić information content (AvgIpc) is 2.59. The van der Waals surface area contributed by atoms with Gasteiger partial charge in [-0.3, -0.25) is 4.79 Å². The first-order chi connectivity index (χ1) is 13.0. The molecule has 8 heteroatoms. The number of carbonyl (C=O) groups is 3. The van der Waals surface area contributed by atoms with Gasteiger partial charge in [-0.25, -0.2) is 9.59 Å². The Balaban J connectivity index is 2.69. The molecular formula is C20H20O8. The minimum absolute atomic E-state index is 0.0713. The van der Waals surface area contributed by atoms with Crippen LogP contribution in [-0.2, 0) is 4.79 Å². The molecule has 0 fully saturated rings. The molecule has 2 aromatic carbocycles. The molecule has 0 amide bonds. The van der Waals surface area contributed by atoms with E-state index in [9.17, 15) is 34.8 Å². The molecule has 8 nitrogen and oxygen atoms in total. The smallest absolute Gasteiger partial charge is 0.339 e. The topological polar surface area (TPSA) is 152 Å². The maximum absolute atomic E-state index is 11.4. The first-order valence-electron chi connectivity index (χ1n) is 8.38. The van der Waals surface area contributed by atoms with Gasteiger partial charge in [-0.2, -0.15) is 0 Å². The number of aromatic carboxylic acids is 2. The number of carboxylic acids is 3. The van der Waals surface area contributed by atoms with E-state index in [0.29, 0.717) is 22.3 Å². The second-order valence-electron chi connectivity index (χ2n) is 6.56. The van der Waals surface area contributed by atoms with Gasteiger partial charge in [-0.1, -0.05) is 12.1 Å². The van der Waals surface area contributed by atoms with Gasteiger partial charge in [-0.05, 0) is 54.7 Å². The summed E-state index contributed by atoms with van der Waals surface area (Å²) in [6, 6.07) is 5.58. The van der Waals surface area contributed by atoms with Crippen molar-refractivity contribution in [2.75, 3.05) is 0 Å². The molecule has 0 aliphatic rings. The Morgan fingerprint density at radius 1 is 0.786 bits per heavy atom. The van der Waals surface area contributed by atoms with Gasteiger partial charge in [0, 0.05) is 12.3 Å². The summed E-state index contributed by atoms with van der Waals surface area (Å²) < 4.78 is 0. The Morgan fingerprint density at radius 2 is 1.18 bits per heavy atom. The van der Waals surface area contributed by atoms with Crippen LogP contribution in [0.5, 0.6) is 11.5 Å². The molecule has 0 saturated heterocycles. The monoisotopic (exact) mass is 388 g/mol. The van der Waals surface area contributed by atoms with Crippen LogP contribution in [0.3, 0.4) is 0 Å². The second-order valence-corrected chi connectivity index (χ2v) is 6.56. The molecule has 0 aliphatic heterocycles. The van der Waals surface area contributed by atoms with Crippen molar-refractivity contribution in [1.82, 2.24) is 0 Å². The van der Waals surface area contributed by atoms with Crippen molar-refractivity contribution in [3.05, 3.63) is 57.6 Å².